The van der Waals surface area contributed by atoms with E-state index in [0.717, 1.165) is 0 Å². The Kier molecular flexibility index (Phi) is 5.74. The second kappa shape index (κ2) is 7.30. The van der Waals surface area contributed by atoms with Gasteiger partial charge in [0.25, 0.3) is 0 Å². The van der Waals surface area contributed by atoms with Gasteiger partial charge in [0, 0.05) is 12.6 Å². The Bertz CT molecular complexity index is 514. The van der Waals surface area contributed by atoms with Crippen LogP contribution in [-0.2, 0) is 9.59 Å². The van der Waals surface area contributed by atoms with Crippen molar-refractivity contribution in [2.24, 2.45) is 5.73 Å². The highest BCUT2D eigenvalue weighted by atomic mass is 16.5. The number of rotatable bonds is 6. The van der Waals surface area contributed by atoms with Gasteiger partial charge in [-0.05, 0) is 24.6 Å². The Balaban J connectivity index is 2.93. The van der Waals surface area contributed by atoms with Crippen LogP contribution in [0.4, 0.5) is 11.4 Å². The van der Waals surface area contributed by atoms with Gasteiger partial charge in [0.2, 0.25) is 11.8 Å². The molecule has 1 rings (SSSR count). The molecule has 0 aromatic heterocycles. The third kappa shape index (κ3) is 4.40. The van der Waals surface area contributed by atoms with E-state index >= 15 is 0 Å². The smallest absolute Gasteiger partial charge is 0.241 e. The quantitative estimate of drug-likeness (QED) is 0.687. The zero-order valence-electron chi connectivity index (χ0n) is 11.6. The lowest BCUT2D eigenvalue weighted by atomic mass is 10.2. The number of carbonyl (C=O) groups excluding carboxylic acids is 2. The number of nitrogens with one attached hydrogen (secondary N) is 2. The highest BCUT2D eigenvalue weighted by molar-refractivity contribution is 5.97. The molecular formula is C14H19N3O3. The Morgan fingerprint density at radius 1 is 1.45 bits per heavy atom. The van der Waals surface area contributed by atoms with Crippen LogP contribution in [-0.4, -0.2) is 25.0 Å². The zero-order chi connectivity index (χ0) is 15.1. The minimum absolute atomic E-state index is 0.198. The number of hydrogen-bond donors (Lipinski definition) is 3. The van der Waals surface area contributed by atoms with Gasteiger partial charge < -0.3 is 21.1 Å². The molecule has 1 unspecified atom stereocenters. The molecule has 1 atom stereocenters. The van der Waals surface area contributed by atoms with Gasteiger partial charge in [-0.15, -0.1) is 6.58 Å². The minimum Gasteiger partial charge on any atom is -0.495 e. The molecule has 1 aromatic rings. The van der Waals surface area contributed by atoms with Crippen molar-refractivity contribution >= 4 is 23.2 Å². The van der Waals surface area contributed by atoms with Crippen molar-refractivity contribution in [3.05, 3.63) is 30.9 Å². The average Bonchev–Trinajstić information content (AvgIpc) is 2.38. The first-order valence-electron chi connectivity index (χ1n) is 6.11. The molecule has 0 saturated heterocycles. The third-order valence-electron chi connectivity index (χ3n) is 2.54. The van der Waals surface area contributed by atoms with Gasteiger partial charge in [-0.1, -0.05) is 6.08 Å². The fourth-order valence-electron chi connectivity index (χ4n) is 1.60. The maximum atomic E-state index is 11.9. The Morgan fingerprint density at radius 3 is 2.70 bits per heavy atom. The first-order chi connectivity index (χ1) is 9.47. The topological polar surface area (TPSA) is 93.5 Å². The summed E-state index contributed by atoms with van der Waals surface area (Å²) < 4.78 is 5.16. The number of anilines is 2. The predicted molar refractivity (Wildman–Crippen MR) is 78.7 cm³/mol. The Labute approximate surface area is 118 Å². The number of amides is 2. The summed E-state index contributed by atoms with van der Waals surface area (Å²) in [5, 5.41) is 5.30. The van der Waals surface area contributed by atoms with Gasteiger partial charge in [0.15, 0.2) is 0 Å². The first-order valence-corrected chi connectivity index (χ1v) is 6.11. The van der Waals surface area contributed by atoms with Gasteiger partial charge in [-0.3, -0.25) is 9.59 Å². The number of benzene rings is 1. The summed E-state index contributed by atoms with van der Waals surface area (Å²) >= 11 is 0. The van der Waals surface area contributed by atoms with Crippen molar-refractivity contribution in [3.63, 3.8) is 0 Å². The Morgan fingerprint density at radius 2 is 2.15 bits per heavy atom. The summed E-state index contributed by atoms with van der Waals surface area (Å²) in [5.41, 5.74) is 6.70. The fraction of sp³-hybridized carbons (Fsp3) is 0.286. The molecule has 1 aromatic carbocycles. The number of hydrogen-bond acceptors (Lipinski definition) is 4. The largest absolute Gasteiger partial charge is 0.495 e. The monoisotopic (exact) mass is 277 g/mol. The van der Waals surface area contributed by atoms with Crippen LogP contribution in [0, 0.1) is 0 Å². The van der Waals surface area contributed by atoms with E-state index in [1.165, 1.54) is 14.0 Å². The van der Waals surface area contributed by atoms with Crippen molar-refractivity contribution in [1.82, 2.24) is 0 Å². The molecule has 6 heteroatoms. The molecule has 20 heavy (non-hydrogen) atoms. The predicted octanol–water partition coefficient (Wildman–Crippen LogP) is 1.50. The summed E-state index contributed by atoms with van der Waals surface area (Å²) in [6.45, 7) is 4.94. The summed E-state index contributed by atoms with van der Waals surface area (Å²) in [5.74, 6) is -0.0581. The van der Waals surface area contributed by atoms with Crippen molar-refractivity contribution < 1.29 is 14.3 Å². The molecule has 0 saturated carbocycles. The SMILES string of the molecule is C=CCC(N)C(=O)Nc1cc(NC(C)=O)ccc1OC. The van der Waals surface area contributed by atoms with Crippen LogP contribution >= 0.6 is 0 Å². The summed E-state index contributed by atoms with van der Waals surface area (Å²) in [6.07, 6.45) is 1.95. The zero-order valence-corrected chi connectivity index (χ0v) is 11.6. The fourth-order valence-corrected chi connectivity index (χ4v) is 1.60. The van der Waals surface area contributed by atoms with Crippen LogP contribution < -0.4 is 21.1 Å². The lowest BCUT2D eigenvalue weighted by Crippen LogP contribution is -2.35. The molecule has 108 valence electrons. The summed E-state index contributed by atoms with van der Waals surface area (Å²) in [6, 6.07) is 4.26. The maximum Gasteiger partial charge on any atom is 0.241 e. The van der Waals surface area contributed by atoms with E-state index in [0.29, 0.717) is 23.5 Å². The molecule has 0 heterocycles. The lowest BCUT2D eigenvalue weighted by molar-refractivity contribution is -0.117. The molecule has 0 radical (unpaired) electrons. The van der Waals surface area contributed by atoms with E-state index in [2.05, 4.69) is 17.2 Å². The molecule has 0 aliphatic rings. The minimum atomic E-state index is -0.679. The van der Waals surface area contributed by atoms with Crippen molar-refractivity contribution in [2.75, 3.05) is 17.7 Å². The van der Waals surface area contributed by atoms with Gasteiger partial charge in [0.05, 0.1) is 18.8 Å². The van der Waals surface area contributed by atoms with Gasteiger partial charge >= 0.3 is 0 Å². The molecule has 0 aliphatic carbocycles. The van der Waals surface area contributed by atoms with E-state index < -0.39 is 6.04 Å². The third-order valence-corrected chi connectivity index (χ3v) is 2.54. The average molecular weight is 277 g/mol. The standard InChI is InChI=1S/C14H19N3O3/c1-4-5-11(15)14(19)17-12-8-10(16-9(2)18)6-7-13(12)20-3/h4,6-8,11H,1,5,15H2,2-3H3,(H,16,18)(H,17,19). The normalized spacial score (nSPS) is 11.3. The number of nitrogens with two attached hydrogens (primary N) is 1. The Hall–Kier alpha value is -2.34. The van der Waals surface area contributed by atoms with Crippen molar-refractivity contribution in [1.29, 1.82) is 0 Å². The lowest BCUT2D eigenvalue weighted by Gasteiger charge is -2.14. The first kappa shape index (κ1) is 15.7. The number of methoxy groups -OCH3 is 1. The molecule has 4 N–H and O–H groups in total. The van der Waals surface area contributed by atoms with Crippen molar-refractivity contribution in [3.8, 4) is 5.75 Å². The van der Waals surface area contributed by atoms with Crippen LogP contribution in [0.15, 0.2) is 30.9 Å². The van der Waals surface area contributed by atoms with E-state index in [4.69, 9.17) is 10.5 Å². The van der Waals surface area contributed by atoms with Crippen LogP contribution in [0.2, 0.25) is 0 Å². The number of ether oxygens (including phenoxy) is 1. The number of carbonyl (C=O) groups is 2. The van der Waals surface area contributed by atoms with Gasteiger partial charge in [0.1, 0.15) is 5.75 Å². The molecular weight excluding hydrogens is 258 g/mol. The summed E-state index contributed by atoms with van der Waals surface area (Å²) in [7, 11) is 1.49. The van der Waals surface area contributed by atoms with Crippen LogP contribution in [0.25, 0.3) is 0 Å². The second-order valence-corrected chi connectivity index (χ2v) is 4.22. The van der Waals surface area contributed by atoms with Gasteiger partial charge in [-0.2, -0.15) is 0 Å². The highest BCUT2D eigenvalue weighted by Crippen LogP contribution is 2.28. The highest BCUT2D eigenvalue weighted by Gasteiger charge is 2.14. The molecule has 0 aliphatic heterocycles. The molecule has 6 nitrogen and oxygen atoms in total. The van der Waals surface area contributed by atoms with Crippen LogP contribution in [0.1, 0.15) is 13.3 Å². The van der Waals surface area contributed by atoms with Crippen LogP contribution in [0.5, 0.6) is 5.75 Å². The van der Waals surface area contributed by atoms with Crippen LogP contribution in [0.3, 0.4) is 0 Å². The molecule has 0 bridgehead atoms. The van der Waals surface area contributed by atoms with Crippen molar-refractivity contribution in [2.45, 2.75) is 19.4 Å². The van der Waals surface area contributed by atoms with E-state index in [1.54, 1.807) is 24.3 Å². The van der Waals surface area contributed by atoms with E-state index in [-0.39, 0.29) is 11.8 Å². The summed E-state index contributed by atoms with van der Waals surface area (Å²) in [4.78, 5) is 22.9. The van der Waals surface area contributed by atoms with Gasteiger partial charge in [-0.25, -0.2) is 0 Å². The van der Waals surface area contributed by atoms with E-state index in [9.17, 15) is 9.59 Å². The van der Waals surface area contributed by atoms with E-state index in [1.807, 2.05) is 0 Å². The maximum absolute atomic E-state index is 11.9. The molecule has 0 fully saturated rings. The second-order valence-electron chi connectivity index (χ2n) is 4.22. The molecule has 2 amide bonds. The molecule has 0 spiro atoms.